The zero-order valence-corrected chi connectivity index (χ0v) is 21.1. The molecule has 1 aliphatic rings. The van der Waals surface area contributed by atoms with Crippen molar-refractivity contribution in [3.05, 3.63) is 71.8 Å². The number of anilines is 1. The van der Waals surface area contributed by atoms with Gasteiger partial charge in [0.15, 0.2) is 0 Å². The number of aryl methyl sites for hydroxylation is 1. The number of fused-ring (bicyclic) bond motifs is 1. The summed E-state index contributed by atoms with van der Waals surface area (Å²) in [6.07, 6.45) is 2.05. The summed E-state index contributed by atoms with van der Waals surface area (Å²) < 4.78 is 29.6. The Morgan fingerprint density at radius 3 is 2.39 bits per heavy atom. The number of benzene rings is 3. The minimum atomic E-state index is -3.80. The molecule has 0 aromatic heterocycles. The van der Waals surface area contributed by atoms with Gasteiger partial charge in [-0.3, -0.25) is 9.59 Å². The number of hydrogen-bond acceptors (Lipinski definition) is 5. The van der Waals surface area contributed by atoms with Gasteiger partial charge in [0.05, 0.1) is 4.90 Å². The van der Waals surface area contributed by atoms with Crippen LogP contribution in [0.1, 0.15) is 41.6 Å². The first-order chi connectivity index (χ1) is 17.2. The summed E-state index contributed by atoms with van der Waals surface area (Å²) in [5.74, 6) is -1.05. The molecule has 0 radical (unpaired) electrons. The van der Waals surface area contributed by atoms with Crippen LogP contribution in [0.15, 0.2) is 65.6 Å². The molecule has 0 atom stereocenters. The van der Waals surface area contributed by atoms with E-state index in [0.717, 1.165) is 18.7 Å². The molecule has 1 fully saturated rings. The van der Waals surface area contributed by atoms with Crippen molar-refractivity contribution in [3.8, 4) is 0 Å². The van der Waals surface area contributed by atoms with Gasteiger partial charge >= 0.3 is 5.97 Å². The lowest BCUT2D eigenvalue weighted by Crippen LogP contribution is -2.44. The Labute approximate surface area is 211 Å². The third kappa shape index (κ3) is 6.10. The summed E-state index contributed by atoms with van der Waals surface area (Å²) in [6.45, 7) is 4.01. The lowest BCUT2D eigenvalue weighted by atomic mass is 10.1. The van der Waals surface area contributed by atoms with Crippen molar-refractivity contribution in [2.45, 2.75) is 43.5 Å². The van der Waals surface area contributed by atoms with Crippen molar-refractivity contribution in [3.63, 3.8) is 0 Å². The first kappa shape index (κ1) is 25.8. The SMILES string of the molecule is Cc1ccccc1C(=O)Nc1cccc2c(S(=O)(=O)NC3CCN(CCCC(=O)O)CC3)cccc12. The molecule has 3 N–H and O–H groups in total. The third-order valence-electron chi connectivity index (χ3n) is 6.58. The Morgan fingerprint density at radius 2 is 1.67 bits per heavy atom. The minimum Gasteiger partial charge on any atom is -0.481 e. The molecule has 0 spiro atoms. The first-order valence-corrected chi connectivity index (χ1v) is 13.6. The monoisotopic (exact) mass is 509 g/mol. The van der Waals surface area contributed by atoms with Crippen LogP contribution in [0.25, 0.3) is 10.8 Å². The number of nitrogens with one attached hydrogen (secondary N) is 2. The van der Waals surface area contributed by atoms with E-state index < -0.39 is 16.0 Å². The van der Waals surface area contributed by atoms with Crippen LogP contribution < -0.4 is 10.0 Å². The molecule has 1 aliphatic heterocycles. The Morgan fingerprint density at radius 1 is 0.972 bits per heavy atom. The number of sulfonamides is 1. The number of likely N-dealkylation sites (tertiary alicyclic amines) is 1. The molecule has 1 heterocycles. The van der Waals surface area contributed by atoms with E-state index in [2.05, 4.69) is 14.9 Å². The van der Waals surface area contributed by atoms with Crippen molar-refractivity contribution < 1.29 is 23.1 Å². The summed E-state index contributed by atoms with van der Waals surface area (Å²) in [6, 6.07) is 17.4. The number of nitrogens with zero attached hydrogens (tertiary/aromatic N) is 1. The topological polar surface area (TPSA) is 116 Å². The highest BCUT2D eigenvalue weighted by molar-refractivity contribution is 7.89. The standard InChI is InChI=1S/C27H31N3O5S/c1-19-7-2-3-8-21(19)27(33)28-24-11-4-10-23-22(24)9-5-12-25(23)36(34,35)29-20-14-17-30(18-15-20)16-6-13-26(31)32/h2-5,7-12,20,29H,6,13-18H2,1H3,(H,28,33)(H,31,32). The molecule has 0 bridgehead atoms. The maximum atomic E-state index is 13.4. The van der Waals surface area contributed by atoms with Crippen LogP contribution in [0, 0.1) is 6.92 Å². The average molecular weight is 510 g/mol. The molecular formula is C27H31N3O5S. The second kappa shape index (κ2) is 11.2. The second-order valence-electron chi connectivity index (χ2n) is 9.16. The van der Waals surface area contributed by atoms with Crippen LogP contribution in [-0.2, 0) is 14.8 Å². The fourth-order valence-corrected chi connectivity index (χ4v) is 6.18. The predicted molar refractivity (Wildman–Crippen MR) is 140 cm³/mol. The molecule has 8 nitrogen and oxygen atoms in total. The fraction of sp³-hybridized carbons (Fsp3) is 0.333. The molecule has 36 heavy (non-hydrogen) atoms. The average Bonchev–Trinajstić information content (AvgIpc) is 2.85. The van der Waals surface area contributed by atoms with E-state index in [1.54, 1.807) is 42.5 Å². The summed E-state index contributed by atoms with van der Waals surface area (Å²) >= 11 is 0. The number of carboxylic acids is 1. The van der Waals surface area contributed by atoms with Crippen LogP contribution in [0.5, 0.6) is 0 Å². The van der Waals surface area contributed by atoms with Crippen molar-refractivity contribution >= 4 is 38.4 Å². The van der Waals surface area contributed by atoms with E-state index >= 15 is 0 Å². The van der Waals surface area contributed by atoms with Gasteiger partial charge < -0.3 is 15.3 Å². The van der Waals surface area contributed by atoms with Gasteiger partial charge in [-0.2, -0.15) is 0 Å². The molecule has 1 amide bonds. The number of carbonyl (C=O) groups is 2. The van der Waals surface area contributed by atoms with E-state index in [0.29, 0.717) is 47.8 Å². The Balaban J connectivity index is 1.48. The maximum Gasteiger partial charge on any atom is 0.303 e. The van der Waals surface area contributed by atoms with Crippen molar-refractivity contribution in [2.24, 2.45) is 0 Å². The fourth-order valence-electron chi connectivity index (χ4n) is 4.65. The van der Waals surface area contributed by atoms with E-state index in [9.17, 15) is 18.0 Å². The molecule has 1 saturated heterocycles. The first-order valence-electron chi connectivity index (χ1n) is 12.1. The summed E-state index contributed by atoms with van der Waals surface area (Å²) in [5.41, 5.74) is 1.97. The van der Waals surface area contributed by atoms with E-state index in [1.165, 1.54) is 0 Å². The van der Waals surface area contributed by atoms with Crippen LogP contribution in [-0.4, -0.2) is 56.0 Å². The number of rotatable bonds is 9. The van der Waals surface area contributed by atoms with E-state index in [4.69, 9.17) is 5.11 Å². The highest BCUT2D eigenvalue weighted by Crippen LogP contribution is 2.30. The Hall–Kier alpha value is -3.27. The second-order valence-corrected chi connectivity index (χ2v) is 10.8. The summed E-state index contributed by atoms with van der Waals surface area (Å²) in [7, 11) is -3.80. The molecule has 0 unspecified atom stereocenters. The zero-order valence-electron chi connectivity index (χ0n) is 20.2. The normalized spacial score (nSPS) is 15.1. The number of aliphatic carboxylic acids is 1. The maximum absolute atomic E-state index is 13.4. The van der Waals surface area contributed by atoms with Gasteiger partial charge in [0, 0.05) is 34.5 Å². The highest BCUT2D eigenvalue weighted by Gasteiger charge is 2.26. The number of piperidine rings is 1. The quantitative estimate of drug-likeness (QED) is 0.401. The predicted octanol–water partition coefficient (Wildman–Crippen LogP) is 4.01. The van der Waals surface area contributed by atoms with Gasteiger partial charge in [0.1, 0.15) is 0 Å². The lowest BCUT2D eigenvalue weighted by Gasteiger charge is -2.32. The van der Waals surface area contributed by atoms with Gasteiger partial charge in [-0.15, -0.1) is 0 Å². The van der Waals surface area contributed by atoms with Gasteiger partial charge in [0.25, 0.3) is 5.91 Å². The zero-order chi connectivity index (χ0) is 25.7. The number of amides is 1. The van der Waals surface area contributed by atoms with Gasteiger partial charge in [-0.1, -0.05) is 42.5 Å². The largest absolute Gasteiger partial charge is 0.481 e. The molecule has 3 aromatic carbocycles. The van der Waals surface area contributed by atoms with Crippen LogP contribution in [0.3, 0.4) is 0 Å². The lowest BCUT2D eigenvalue weighted by molar-refractivity contribution is -0.137. The minimum absolute atomic E-state index is 0.140. The smallest absolute Gasteiger partial charge is 0.303 e. The molecule has 9 heteroatoms. The van der Waals surface area contributed by atoms with E-state index in [1.807, 2.05) is 25.1 Å². The molecule has 190 valence electrons. The van der Waals surface area contributed by atoms with Crippen molar-refractivity contribution in [1.82, 2.24) is 9.62 Å². The van der Waals surface area contributed by atoms with Crippen molar-refractivity contribution in [1.29, 1.82) is 0 Å². The highest BCUT2D eigenvalue weighted by atomic mass is 32.2. The molecule has 3 aromatic rings. The number of carbonyl (C=O) groups excluding carboxylic acids is 1. The van der Waals surface area contributed by atoms with E-state index in [-0.39, 0.29) is 23.3 Å². The molecular weight excluding hydrogens is 478 g/mol. The van der Waals surface area contributed by atoms with Crippen LogP contribution in [0.2, 0.25) is 0 Å². The van der Waals surface area contributed by atoms with Crippen LogP contribution in [0.4, 0.5) is 5.69 Å². The third-order valence-corrected chi connectivity index (χ3v) is 8.16. The number of carboxylic acid groups (broad SMARTS) is 1. The van der Waals surface area contributed by atoms with Gasteiger partial charge in [-0.25, -0.2) is 13.1 Å². The summed E-state index contributed by atoms with van der Waals surface area (Å²) in [5, 5.41) is 12.9. The number of hydrogen-bond donors (Lipinski definition) is 3. The Bertz CT molecular complexity index is 1360. The van der Waals surface area contributed by atoms with Crippen molar-refractivity contribution in [2.75, 3.05) is 25.0 Å². The molecule has 4 rings (SSSR count). The molecule has 0 aliphatic carbocycles. The van der Waals surface area contributed by atoms with Gasteiger partial charge in [0.2, 0.25) is 10.0 Å². The van der Waals surface area contributed by atoms with Crippen LogP contribution >= 0.6 is 0 Å². The van der Waals surface area contributed by atoms with Gasteiger partial charge in [-0.05, 0) is 69.6 Å². The molecule has 0 saturated carbocycles. The summed E-state index contributed by atoms with van der Waals surface area (Å²) in [4.78, 5) is 25.9. The Kier molecular flexibility index (Phi) is 8.03.